The van der Waals surface area contributed by atoms with E-state index in [2.05, 4.69) is 23.1 Å². The molecule has 0 bridgehead atoms. The summed E-state index contributed by atoms with van der Waals surface area (Å²) in [6.07, 6.45) is 0.489. The third kappa shape index (κ3) is 3.44. The Morgan fingerprint density at radius 3 is 2.63 bits per heavy atom. The summed E-state index contributed by atoms with van der Waals surface area (Å²) in [5.74, 6) is -1.75. The van der Waals surface area contributed by atoms with E-state index < -0.39 is 23.5 Å². The van der Waals surface area contributed by atoms with Crippen molar-refractivity contribution in [1.29, 1.82) is 0 Å². The summed E-state index contributed by atoms with van der Waals surface area (Å²) in [6, 6.07) is -1.31. The average Bonchev–Trinajstić information content (AvgIpc) is 2.35. The Kier molecular flexibility index (Phi) is 5.30. The Bertz CT molecular complexity index is 379. The van der Waals surface area contributed by atoms with Crippen LogP contribution in [-0.2, 0) is 9.59 Å². The number of rotatable bonds is 5. The van der Waals surface area contributed by atoms with Gasteiger partial charge in [-0.3, -0.25) is 9.69 Å². The summed E-state index contributed by atoms with van der Waals surface area (Å²) in [6.45, 7) is 4.47. The van der Waals surface area contributed by atoms with Crippen LogP contribution in [0.2, 0.25) is 0 Å². The number of hydrogen-bond acceptors (Lipinski definition) is 6. The summed E-state index contributed by atoms with van der Waals surface area (Å²) in [7, 11) is 0. The second-order valence-electron chi connectivity index (χ2n) is 4.73. The van der Waals surface area contributed by atoms with Gasteiger partial charge in [-0.25, -0.2) is 4.79 Å². The number of likely N-dealkylation sites (tertiary alicyclic amines) is 1. The first kappa shape index (κ1) is 15.9. The lowest BCUT2D eigenvalue weighted by molar-refractivity contribution is -0.144. The number of nitrogens with one attached hydrogen (secondary N) is 1. The molecule has 0 aliphatic carbocycles. The molecule has 1 saturated heterocycles. The minimum Gasteiger partial charge on any atom is -0.480 e. The largest absolute Gasteiger partial charge is 0.480 e. The lowest BCUT2D eigenvalue weighted by atomic mass is 9.81. The number of amides is 1. The Balaban J connectivity index is 2.98. The molecule has 0 saturated carbocycles. The van der Waals surface area contributed by atoms with Crippen molar-refractivity contribution in [3.05, 3.63) is 4.91 Å². The monoisotopic (exact) mass is 289 g/mol. The lowest BCUT2D eigenvalue weighted by Crippen LogP contribution is -2.61. The molecular formula is C11H19N3O4S. The molecule has 3 unspecified atom stereocenters. The van der Waals surface area contributed by atoms with Gasteiger partial charge in [-0.05, 0) is 13.0 Å². The third-order valence-corrected chi connectivity index (χ3v) is 4.02. The number of nitrogens with zero attached hydrogens (tertiary/aromatic N) is 2. The van der Waals surface area contributed by atoms with Crippen LogP contribution in [0.5, 0.6) is 0 Å². The maximum absolute atomic E-state index is 11.3. The fourth-order valence-corrected chi connectivity index (χ4v) is 3.02. The molecule has 1 fully saturated rings. The van der Waals surface area contributed by atoms with Gasteiger partial charge in [0.1, 0.15) is 5.54 Å². The molecule has 1 amide bonds. The van der Waals surface area contributed by atoms with Gasteiger partial charge < -0.3 is 10.4 Å². The Labute approximate surface area is 117 Å². The SMILES string of the molecule is CCN1CCC(N=O)(C(NC(C)=O)C(=O)O)CC1S. The molecule has 19 heavy (non-hydrogen) atoms. The predicted molar refractivity (Wildman–Crippen MR) is 73.0 cm³/mol. The van der Waals surface area contributed by atoms with Crippen LogP contribution >= 0.6 is 12.6 Å². The van der Waals surface area contributed by atoms with Crippen molar-refractivity contribution >= 4 is 24.5 Å². The van der Waals surface area contributed by atoms with Gasteiger partial charge in [0.2, 0.25) is 5.91 Å². The molecule has 8 heteroatoms. The van der Waals surface area contributed by atoms with Crippen molar-refractivity contribution in [2.75, 3.05) is 13.1 Å². The standard InChI is InChI=1S/C11H19N3O4S/c1-3-14-5-4-11(13-18,6-8(14)19)9(10(16)17)12-7(2)15/h8-9,19H,3-6H2,1-2H3,(H,12,15)(H,16,17). The van der Waals surface area contributed by atoms with Crippen LogP contribution in [0, 0.1) is 4.91 Å². The molecule has 1 aliphatic rings. The van der Waals surface area contributed by atoms with Crippen LogP contribution in [0.4, 0.5) is 0 Å². The van der Waals surface area contributed by atoms with Crippen LogP contribution in [0.3, 0.4) is 0 Å². The van der Waals surface area contributed by atoms with E-state index in [1.165, 1.54) is 6.92 Å². The number of carboxylic acid groups (broad SMARTS) is 1. The number of carboxylic acids is 1. The lowest BCUT2D eigenvalue weighted by Gasteiger charge is -2.43. The number of thiol groups is 1. The zero-order chi connectivity index (χ0) is 14.6. The molecule has 7 nitrogen and oxygen atoms in total. The molecular weight excluding hydrogens is 270 g/mol. The number of aliphatic carboxylic acids is 1. The normalized spacial score (nSPS) is 29.5. The van der Waals surface area contributed by atoms with Crippen molar-refractivity contribution in [3.8, 4) is 0 Å². The van der Waals surface area contributed by atoms with E-state index in [0.717, 1.165) is 6.54 Å². The Morgan fingerprint density at radius 2 is 2.26 bits per heavy atom. The first-order valence-electron chi connectivity index (χ1n) is 6.13. The average molecular weight is 289 g/mol. The highest BCUT2D eigenvalue weighted by Gasteiger charge is 2.49. The summed E-state index contributed by atoms with van der Waals surface area (Å²) in [5, 5.41) is 14.3. The topological polar surface area (TPSA) is 99.1 Å². The van der Waals surface area contributed by atoms with Crippen molar-refractivity contribution in [3.63, 3.8) is 0 Å². The molecule has 1 aliphatic heterocycles. The molecule has 1 rings (SSSR count). The van der Waals surface area contributed by atoms with E-state index in [-0.39, 0.29) is 11.8 Å². The number of carbonyl (C=O) groups excluding carboxylic acids is 1. The Morgan fingerprint density at radius 1 is 1.63 bits per heavy atom. The number of carbonyl (C=O) groups is 2. The first-order valence-corrected chi connectivity index (χ1v) is 6.64. The van der Waals surface area contributed by atoms with E-state index in [1.807, 2.05) is 11.8 Å². The van der Waals surface area contributed by atoms with Crippen molar-refractivity contribution in [2.45, 2.75) is 43.6 Å². The van der Waals surface area contributed by atoms with Crippen LogP contribution in [-0.4, -0.2) is 51.9 Å². The summed E-state index contributed by atoms with van der Waals surface area (Å²) >= 11 is 4.38. The zero-order valence-electron chi connectivity index (χ0n) is 11.0. The highest BCUT2D eigenvalue weighted by molar-refractivity contribution is 7.80. The fourth-order valence-electron chi connectivity index (χ4n) is 2.43. The molecule has 0 aromatic carbocycles. The second-order valence-corrected chi connectivity index (χ2v) is 5.33. The predicted octanol–water partition coefficient (Wildman–Crippen LogP) is 0.453. The van der Waals surface area contributed by atoms with Crippen LogP contribution in [0.25, 0.3) is 0 Å². The van der Waals surface area contributed by atoms with Crippen molar-refractivity contribution in [1.82, 2.24) is 10.2 Å². The van der Waals surface area contributed by atoms with Gasteiger partial charge in [0.05, 0.1) is 5.37 Å². The van der Waals surface area contributed by atoms with E-state index >= 15 is 0 Å². The molecule has 108 valence electrons. The third-order valence-electron chi connectivity index (χ3n) is 3.51. The van der Waals surface area contributed by atoms with Gasteiger partial charge in [0, 0.05) is 19.9 Å². The molecule has 0 aromatic heterocycles. The van der Waals surface area contributed by atoms with Gasteiger partial charge in [-0.2, -0.15) is 17.5 Å². The van der Waals surface area contributed by atoms with E-state index in [0.29, 0.717) is 13.0 Å². The van der Waals surface area contributed by atoms with Gasteiger partial charge in [-0.1, -0.05) is 12.1 Å². The Hall–Kier alpha value is -1.15. The van der Waals surface area contributed by atoms with Crippen LogP contribution < -0.4 is 5.32 Å². The van der Waals surface area contributed by atoms with E-state index in [1.54, 1.807) is 0 Å². The number of hydrogen-bond donors (Lipinski definition) is 3. The van der Waals surface area contributed by atoms with Gasteiger partial charge in [0.25, 0.3) is 0 Å². The number of piperidine rings is 1. The van der Waals surface area contributed by atoms with Gasteiger partial charge in [-0.15, -0.1) is 0 Å². The van der Waals surface area contributed by atoms with Crippen LogP contribution in [0.1, 0.15) is 26.7 Å². The fraction of sp³-hybridized carbons (Fsp3) is 0.818. The quantitative estimate of drug-likeness (QED) is 0.504. The second kappa shape index (κ2) is 6.33. The molecule has 0 spiro atoms. The highest BCUT2D eigenvalue weighted by atomic mass is 32.1. The summed E-state index contributed by atoms with van der Waals surface area (Å²) in [4.78, 5) is 35.7. The van der Waals surface area contributed by atoms with E-state index in [4.69, 9.17) is 0 Å². The van der Waals surface area contributed by atoms with Crippen LogP contribution in [0.15, 0.2) is 5.18 Å². The minimum absolute atomic E-state index is 0.199. The molecule has 1 heterocycles. The molecule has 0 radical (unpaired) electrons. The zero-order valence-corrected chi connectivity index (χ0v) is 11.9. The van der Waals surface area contributed by atoms with E-state index in [9.17, 15) is 19.6 Å². The molecule has 2 N–H and O–H groups in total. The van der Waals surface area contributed by atoms with Crippen molar-refractivity contribution < 1.29 is 14.7 Å². The summed E-state index contributed by atoms with van der Waals surface area (Å²) < 4.78 is 0. The first-order chi connectivity index (χ1) is 8.86. The van der Waals surface area contributed by atoms with Gasteiger partial charge >= 0.3 is 5.97 Å². The maximum atomic E-state index is 11.3. The smallest absolute Gasteiger partial charge is 0.328 e. The maximum Gasteiger partial charge on any atom is 0.328 e. The number of nitroso groups, excluding NO2 is 1. The minimum atomic E-state index is -1.34. The highest BCUT2D eigenvalue weighted by Crippen LogP contribution is 2.35. The van der Waals surface area contributed by atoms with Gasteiger partial charge in [0.15, 0.2) is 6.04 Å². The molecule has 3 atom stereocenters. The van der Waals surface area contributed by atoms with Crippen molar-refractivity contribution in [2.24, 2.45) is 5.18 Å². The summed E-state index contributed by atoms with van der Waals surface area (Å²) in [5.41, 5.74) is -1.34. The molecule has 0 aromatic rings.